The van der Waals surface area contributed by atoms with Gasteiger partial charge in [0, 0.05) is 36.3 Å². The Morgan fingerprint density at radius 3 is 2.52 bits per heavy atom. The first-order valence-corrected chi connectivity index (χ1v) is 9.46. The van der Waals surface area contributed by atoms with Gasteiger partial charge in [-0.25, -0.2) is 4.79 Å². The van der Waals surface area contributed by atoms with Crippen LogP contribution in [0.1, 0.15) is 43.5 Å². The first-order chi connectivity index (χ1) is 12.8. The molecule has 4 heteroatoms. The number of carbonyl (C=O) groups is 1. The Bertz CT molecular complexity index is 997. The number of carbonyl (C=O) groups excluding carboxylic acids is 1. The summed E-state index contributed by atoms with van der Waals surface area (Å²) in [4.78, 5) is 14.9. The zero-order valence-electron chi connectivity index (χ0n) is 16.4. The highest BCUT2D eigenvalue weighted by molar-refractivity contribution is 5.86. The largest absolute Gasteiger partial charge is 0.444 e. The molecule has 2 heterocycles. The number of amides is 1. The zero-order chi connectivity index (χ0) is 19.2. The molecule has 1 amide bonds. The summed E-state index contributed by atoms with van der Waals surface area (Å²) in [5, 5.41) is 1.18. The van der Waals surface area contributed by atoms with E-state index >= 15 is 0 Å². The van der Waals surface area contributed by atoms with E-state index in [2.05, 4.69) is 60.3 Å². The molecule has 0 radical (unpaired) electrons. The summed E-state index contributed by atoms with van der Waals surface area (Å²) < 4.78 is 7.88. The van der Waals surface area contributed by atoms with Gasteiger partial charge in [-0.1, -0.05) is 42.5 Å². The van der Waals surface area contributed by atoms with Crippen LogP contribution in [0.15, 0.2) is 54.7 Å². The Kier molecular flexibility index (Phi) is 4.22. The van der Waals surface area contributed by atoms with E-state index in [-0.39, 0.29) is 12.1 Å². The molecule has 1 aliphatic heterocycles. The van der Waals surface area contributed by atoms with Crippen molar-refractivity contribution in [2.75, 3.05) is 6.54 Å². The van der Waals surface area contributed by atoms with Gasteiger partial charge in [0.2, 0.25) is 0 Å². The molecule has 140 valence electrons. The number of benzene rings is 2. The predicted octanol–water partition coefficient (Wildman–Crippen LogP) is 5.06. The topological polar surface area (TPSA) is 34.5 Å². The SMILES string of the molecule is Cn1cc(C2c3ccccc3CCN2C(=O)OC(C)(C)C)c2ccccc21. The molecule has 1 unspecified atom stereocenters. The number of para-hydroxylation sites is 1. The second-order valence-corrected chi connectivity index (χ2v) is 8.24. The number of ether oxygens (including phenoxy) is 1. The molecule has 4 rings (SSSR count). The lowest BCUT2D eigenvalue weighted by Crippen LogP contribution is -2.43. The maximum Gasteiger partial charge on any atom is 0.411 e. The fraction of sp³-hybridized carbons (Fsp3) is 0.348. The van der Waals surface area contributed by atoms with E-state index in [1.165, 1.54) is 22.0 Å². The summed E-state index contributed by atoms with van der Waals surface area (Å²) >= 11 is 0. The average Bonchev–Trinajstić information content (AvgIpc) is 2.96. The van der Waals surface area contributed by atoms with Crippen molar-refractivity contribution in [2.45, 2.75) is 38.8 Å². The second-order valence-electron chi connectivity index (χ2n) is 8.24. The van der Waals surface area contributed by atoms with Crippen LogP contribution in [0.3, 0.4) is 0 Å². The first-order valence-electron chi connectivity index (χ1n) is 9.46. The molecule has 4 nitrogen and oxygen atoms in total. The smallest absolute Gasteiger partial charge is 0.411 e. The van der Waals surface area contributed by atoms with Crippen LogP contribution >= 0.6 is 0 Å². The molecular weight excluding hydrogens is 336 g/mol. The number of rotatable bonds is 1. The lowest BCUT2D eigenvalue weighted by atomic mass is 9.88. The Morgan fingerprint density at radius 2 is 1.74 bits per heavy atom. The molecule has 0 spiro atoms. The minimum absolute atomic E-state index is 0.143. The molecule has 0 bridgehead atoms. The van der Waals surface area contributed by atoms with Gasteiger partial charge in [-0.3, -0.25) is 4.90 Å². The van der Waals surface area contributed by atoms with Gasteiger partial charge in [0.15, 0.2) is 0 Å². The van der Waals surface area contributed by atoms with Crippen LogP contribution in [0, 0.1) is 0 Å². The first kappa shape index (κ1) is 17.7. The third kappa shape index (κ3) is 3.20. The summed E-state index contributed by atoms with van der Waals surface area (Å²) in [6, 6.07) is 16.6. The van der Waals surface area contributed by atoms with E-state index in [4.69, 9.17) is 4.74 Å². The van der Waals surface area contributed by atoms with Gasteiger partial charge in [0.25, 0.3) is 0 Å². The van der Waals surface area contributed by atoms with Crippen molar-refractivity contribution >= 4 is 17.0 Å². The van der Waals surface area contributed by atoms with Crippen LogP contribution in [0.4, 0.5) is 4.79 Å². The number of aryl methyl sites for hydroxylation is 1. The molecule has 0 fully saturated rings. The molecule has 3 aromatic rings. The van der Waals surface area contributed by atoms with Crippen LogP contribution in [-0.2, 0) is 18.2 Å². The van der Waals surface area contributed by atoms with Crippen LogP contribution in [-0.4, -0.2) is 27.7 Å². The molecule has 0 saturated heterocycles. The standard InChI is InChI=1S/C23H26N2O2/c1-23(2,3)27-22(26)25-14-13-16-9-5-6-10-17(16)21(25)19-15-24(4)20-12-8-7-11-18(19)20/h5-12,15,21H,13-14H2,1-4H3. The lowest BCUT2D eigenvalue weighted by Gasteiger charge is -2.38. The molecule has 1 aromatic heterocycles. The van der Waals surface area contributed by atoms with Crippen molar-refractivity contribution in [1.29, 1.82) is 0 Å². The van der Waals surface area contributed by atoms with Crippen LogP contribution in [0.2, 0.25) is 0 Å². The van der Waals surface area contributed by atoms with Crippen LogP contribution in [0.25, 0.3) is 10.9 Å². The number of hydrogen-bond donors (Lipinski definition) is 0. The highest BCUT2D eigenvalue weighted by atomic mass is 16.6. The van der Waals surface area contributed by atoms with Crippen molar-refractivity contribution in [2.24, 2.45) is 7.05 Å². The fourth-order valence-corrected chi connectivity index (χ4v) is 4.01. The van der Waals surface area contributed by atoms with Crippen molar-refractivity contribution in [3.63, 3.8) is 0 Å². The number of aromatic nitrogens is 1. The minimum atomic E-state index is -0.517. The maximum atomic E-state index is 13.0. The van der Waals surface area contributed by atoms with E-state index in [0.717, 1.165) is 12.0 Å². The second kappa shape index (κ2) is 6.45. The van der Waals surface area contributed by atoms with Gasteiger partial charge in [-0.05, 0) is 44.4 Å². The van der Waals surface area contributed by atoms with Crippen molar-refractivity contribution in [1.82, 2.24) is 9.47 Å². The Hall–Kier alpha value is -2.75. The molecular formula is C23H26N2O2. The van der Waals surface area contributed by atoms with Gasteiger partial charge >= 0.3 is 6.09 Å². The van der Waals surface area contributed by atoms with Gasteiger partial charge < -0.3 is 9.30 Å². The third-order valence-electron chi connectivity index (χ3n) is 5.13. The maximum absolute atomic E-state index is 13.0. The third-order valence-corrected chi connectivity index (χ3v) is 5.13. The summed E-state index contributed by atoms with van der Waals surface area (Å²) in [6.45, 7) is 6.39. The number of nitrogens with zero attached hydrogens (tertiary/aromatic N) is 2. The molecule has 27 heavy (non-hydrogen) atoms. The molecule has 1 atom stereocenters. The molecule has 0 N–H and O–H groups in total. The summed E-state index contributed by atoms with van der Waals surface area (Å²) in [5.74, 6) is 0. The predicted molar refractivity (Wildman–Crippen MR) is 108 cm³/mol. The van der Waals surface area contributed by atoms with E-state index in [1.54, 1.807) is 0 Å². The normalized spacial score (nSPS) is 17.0. The average molecular weight is 362 g/mol. The van der Waals surface area contributed by atoms with E-state index in [1.807, 2.05) is 31.7 Å². The number of hydrogen-bond acceptors (Lipinski definition) is 2. The molecule has 0 saturated carbocycles. The van der Waals surface area contributed by atoms with Gasteiger partial charge in [-0.15, -0.1) is 0 Å². The summed E-state index contributed by atoms with van der Waals surface area (Å²) in [6.07, 6.45) is 2.74. The Morgan fingerprint density at radius 1 is 1.04 bits per heavy atom. The van der Waals surface area contributed by atoms with Crippen molar-refractivity contribution < 1.29 is 9.53 Å². The van der Waals surface area contributed by atoms with Crippen molar-refractivity contribution in [3.8, 4) is 0 Å². The van der Waals surface area contributed by atoms with Crippen LogP contribution in [0.5, 0.6) is 0 Å². The Balaban J connectivity index is 1.87. The van der Waals surface area contributed by atoms with Gasteiger partial charge in [0.1, 0.15) is 5.60 Å². The summed E-state index contributed by atoms with van der Waals surface area (Å²) in [5.41, 5.74) is 4.28. The van der Waals surface area contributed by atoms with Gasteiger partial charge in [0.05, 0.1) is 6.04 Å². The highest BCUT2D eigenvalue weighted by Crippen LogP contribution is 2.39. The molecule has 1 aliphatic rings. The summed E-state index contributed by atoms with van der Waals surface area (Å²) in [7, 11) is 2.05. The highest BCUT2D eigenvalue weighted by Gasteiger charge is 2.35. The van der Waals surface area contributed by atoms with E-state index in [9.17, 15) is 4.79 Å². The van der Waals surface area contributed by atoms with E-state index < -0.39 is 5.60 Å². The van der Waals surface area contributed by atoms with Crippen LogP contribution < -0.4 is 0 Å². The Labute approximate surface area is 160 Å². The lowest BCUT2D eigenvalue weighted by molar-refractivity contribution is 0.0179. The molecule has 2 aromatic carbocycles. The van der Waals surface area contributed by atoms with Gasteiger partial charge in [-0.2, -0.15) is 0 Å². The number of fused-ring (bicyclic) bond motifs is 2. The monoisotopic (exact) mass is 362 g/mol. The van der Waals surface area contributed by atoms with Crippen molar-refractivity contribution in [3.05, 3.63) is 71.4 Å². The fourth-order valence-electron chi connectivity index (χ4n) is 4.01. The quantitative estimate of drug-likeness (QED) is 0.606. The zero-order valence-corrected chi connectivity index (χ0v) is 16.4. The van der Waals surface area contributed by atoms with E-state index in [0.29, 0.717) is 6.54 Å². The molecule has 0 aliphatic carbocycles. The minimum Gasteiger partial charge on any atom is -0.444 e.